The number of hydrogen-bond acceptors (Lipinski definition) is 4. The van der Waals surface area contributed by atoms with Crippen molar-refractivity contribution in [2.45, 2.75) is 13.1 Å². The van der Waals surface area contributed by atoms with Gasteiger partial charge in [0.15, 0.2) is 0 Å². The molecule has 0 aliphatic heterocycles. The molecule has 0 saturated carbocycles. The number of carbonyl (C=O) groups excluding carboxylic acids is 1. The summed E-state index contributed by atoms with van der Waals surface area (Å²) in [6, 6.07) is 8.82. The molecule has 0 fully saturated rings. The molecule has 19 heavy (non-hydrogen) atoms. The summed E-state index contributed by atoms with van der Waals surface area (Å²) in [5, 5.41) is 2.70. The number of carbonyl (C=O) groups is 1. The molecule has 6 heteroatoms. The first kappa shape index (κ1) is 13.0. The number of aromatic nitrogens is 2. The summed E-state index contributed by atoms with van der Waals surface area (Å²) in [4.78, 5) is 26.7. The molecule has 0 aliphatic carbocycles. The SMILES string of the molecule is NCc1ccc(NC(=O)Cn2cccnc2=O)cc1. The average Bonchev–Trinajstić information content (AvgIpc) is 2.42. The van der Waals surface area contributed by atoms with Crippen molar-refractivity contribution in [2.75, 3.05) is 5.32 Å². The van der Waals surface area contributed by atoms with Gasteiger partial charge in [0.2, 0.25) is 5.91 Å². The van der Waals surface area contributed by atoms with Crippen molar-refractivity contribution in [2.24, 2.45) is 5.73 Å². The molecule has 2 aromatic rings. The lowest BCUT2D eigenvalue weighted by Gasteiger charge is -2.07. The Morgan fingerprint density at radius 1 is 1.32 bits per heavy atom. The van der Waals surface area contributed by atoms with Gasteiger partial charge < -0.3 is 11.1 Å². The topological polar surface area (TPSA) is 90.0 Å². The van der Waals surface area contributed by atoms with E-state index in [0.29, 0.717) is 12.2 Å². The van der Waals surface area contributed by atoms with Crippen molar-refractivity contribution >= 4 is 11.6 Å². The molecule has 0 unspecified atom stereocenters. The molecule has 0 spiro atoms. The van der Waals surface area contributed by atoms with Gasteiger partial charge in [-0.15, -0.1) is 0 Å². The normalized spacial score (nSPS) is 10.2. The molecular weight excluding hydrogens is 244 g/mol. The number of nitrogens with zero attached hydrogens (tertiary/aromatic N) is 2. The second-order valence-electron chi connectivity index (χ2n) is 3.98. The van der Waals surface area contributed by atoms with E-state index in [4.69, 9.17) is 5.73 Å². The summed E-state index contributed by atoms with van der Waals surface area (Å²) < 4.78 is 1.24. The van der Waals surface area contributed by atoms with E-state index in [1.165, 1.54) is 17.0 Å². The maximum atomic E-state index is 11.8. The van der Waals surface area contributed by atoms with Gasteiger partial charge in [-0.3, -0.25) is 9.36 Å². The van der Waals surface area contributed by atoms with Crippen LogP contribution < -0.4 is 16.7 Å². The molecular formula is C13H14N4O2. The molecule has 1 amide bonds. The highest BCUT2D eigenvalue weighted by molar-refractivity contribution is 5.90. The molecule has 0 radical (unpaired) electrons. The molecule has 1 aromatic carbocycles. The van der Waals surface area contributed by atoms with Gasteiger partial charge >= 0.3 is 5.69 Å². The standard InChI is InChI=1S/C13H14N4O2/c14-8-10-2-4-11(5-3-10)16-12(18)9-17-7-1-6-15-13(17)19/h1-7H,8-9,14H2,(H,16,18). The fourth-order valence-corrected chi connectivity index (χ4v) is 1.59. The zero-order chi connectivity index (χ0) is 13.7. The van der Waals surface area contributed by atoms with Crippen molar-refractivity contribution < 1.29 is 4.79 Å². The summed E-state index contributed by atoms with van der Waals surface area (Å²) in [6.07, 6.45) is 2.91. The number of nitrogens with two attached hydrogens (primary N) is 1. The van der Waals surface area contributed by atoms with Crippen LogP contribution in [0.3, 0.4) is 0 Å². The smallest absolute Gasteiger partial charge is 0.326 e. The molecule has 6 nitrogen and oxygen atoms in total. The fourth-order valence-electron chi connectivity index (χ4n) is 1.59. The first-order chi connectivity index (χ1) is 9.19. The third-order valence-electron chi connectivity index (χ3n) is 2.57. The van der Waals surface area contributed by atoms with Crippen LogP contribution in [0.15, 0.2) is 47.5 Å². The first-order valence-corrected chi connectivity index (χ1v) is 5.79. The van der Waals surface area contributed by atoms with Crippen molar-refractivity contribution in [1.82, 2.24) is 9.55 Å². The van der Waals surface area contributed by atoms with Crippen LogP contribution in [0.25, 0.3) is 0 Å². The van der Waals surface area contributed by atoms with Crippen LogP contribution in [-0.2, 0) is 17.9 Å². The van der Waals surface area contributed by atoms with E-state index in [1.54, 1.807) is 18.2 Å². The molecule has 1 heterocycles. The second kappa shape index (κ2) is 5.92. The molecule has 0 aliphatic rings. The third kappa shape index (κ3) is 3.49. The van der Waals surface area contributed by atoms with Gasteiger partial charge in [-0.25, -0.2) is 9.78 Å². The lowest BCUT2D eigenvalue weighted by molar-refractivity contribution is -0.116. The zero-order valence-corrected chi connectivity index (χ0v) is 10.2. The summed E-state index contributed by atoms with van der Waals surface area (Å²) in [7, 11) is 0. The second-order valence-corrected chi connectivity index (χ2v) is 3.98. The van der Waals surface area contributed by atoms with Gasteiger partial charge in [-0.1, -0.05) is 12.1 Å². The van der Waals surface area contributed by atoms with E-state index in [0.717, 1.165) is 5.56 Å². The lowest BCUT2D eigenvalue weighted by Crippen LogP contribution is -2.28. The number of nitrogens with one attached hydrogen (secondary N) is 1. The molecule has 2 rings (SSSR count). The van der Waals surface area contributed by atoms with Gasteiger partial charge in [0, 0.05) is 24.6 Å². The fraction of sp³-hybridized carbons (Fsp3) is 0.154. The lowest BCUT2D eigenvalue weighted by atomic mass is 10.2. The van der Waals surface area contributed by atoms with Crippen LogP contribution in [-0.4, -0.2) is 15.5 Å². The van der Waals surface area contributed by atoms with E-state index < -0.39 is 5.69 Å². The Balaban J connectivity index is 2.01. The minimum atomic E-state index is -0.448. The van der Waals surface area contributed by atoms with Gasteiger partial charge in [-0.05, 0) is 23.8 Å². The monoisotopic (exact) mass is 258 g/mol. The Hall–Kier alpha value is -2.47. The highest BCUT2D eigenvalue weighted by Gasteiger charge is 2.04. The molecule has 3 N–H and O–H groups in total. The molecule has 0 saturated heterocycles. The van der Waals surface area contributed by atoms with E-state index in [-0.39, 0.29) is 12.5 Å². The molecule has 0 atom stereocenters. The van der Waals surface area contributed by atoms with Crippen molar-refractivity contribution in [3.8, 4) is 0 Å². The molecule has 0 bridgehead atoms. The van der Waals surface area contributed by atoms with E-state index >= 15 is 0 Å². The Morgan fingerprint density at radius 3 is 2.68 bits per heavy atom. The van der Waals surface area contributed by atoms with E-state index in [1.807, 2.05) is 12.1 Å². The minimum Gasteiger partial charge on any atom is -0.326 e. The molecule has 1 aromatic heterocycles. The summed E-state index contributed by atoms with van der Waals surface area (Å²) in [6.45, 7) is 0.393. The van der Waals surface area contributed by atoms with Crippen LogP contribution >= 0.6 is 0 Å². The summed E-state index contributed by atoms with van der Waals surface area (Å²) in [5.41, 5.74) is 6.69. The summed E-state index contributed by atoms with van der Waals surface area (Å²) >= 11 is 0. The average molecular weight is 258 g/mol. The van der Waals surface area contributed by atoms with Crippen LogP contribution in [0.5, 0.6) is 0 Å². The van der Waals surface area contributed by atoms with Crippen LogP contribution in [0.2, 0.25) is 0 Å². The largest absolute Gasteiger partial charge is 0.347 e. The van der Waals surface area contributed by atoms with Gasteiger partial charge in [0.05, 0.1) is 0 Å². The Labute approximate surface area is 109 Å². The number of rotatable bonds is 4. The van der Waals surface area contributed by atoms with Crippen molar-refractivity contribution in [1.29, 1.82) is 0 Å². The van der Waals surface area contributed by atoms with Crippen LogP contribution in [0.4, 0.5) is 5.69 Å². The van der Waals surface area contributed by atoms with Gasteiger partial charge in [0.1, 0.15) is 6.54 Å². The highest BCUT2D eigenvalue weighted by atomic mass is 16.2. The summed E-state index contributed by atoms with van der Waals surface area (Å²) in [5.74, 6) is -0.282. The predicted octanol–water partition coefficient (Wildman–Crippen LogP) is 0.341. The Morgan fingerprint density at radius 2 is 2.05 bits per heavy atom. The number of hydrogen-bond donors (Lipinski definition) is 2. The minimum absolute atomic E-state index is 0.0642. The maximum Gasteiger partial charge on any atom is 0.347 e. The van der Waals surface area contributed by atoms with Crippen molar-refractivity contribution in [3.63, 3.8) is 0 Å². The molecule has 98 valence electrons. The van der Waals surface area contributed by atoms with E-state index in [2.05, 4.69) is 10.3 Å². The van der Waals surface area contributed by atoms with Gasteiger partial charge in [-0.2, -0.15) is 0 Å². The van der Waals surface area contributed by atoms with Crippen LogP contribution in [0, 0.1) is 0 Å². The Bertz CT molecular complexity index is 619. The maximum absolute atomic E-state index is 11.8. The van der Waals surface area contributed by atoms with Crippen LogP contribution in [0.1, 0.15) is 5.56 Å². The van der Waals surface area contributed by atoms with Crippen molar-refractivity contribution in [3.05, 3.63) is 58.8 Å². The predicted molar refractivity (Wildman–Crippen MR) is 71.5 cm³/mol. The quantitative estimate of drug-likeness (QED) is 0.827. The highest BCUT2D eigenvalue weighted by Crippen LogP contribution is 2.08. The zero-order valence-electron chi connectivity index (χ0n) is 10.2. The number of anilines is 1. The first-order valence-electron chi connectivity index (χ1n) is 5.79. The third-order valence-corrected chi connectivity index (χ3v) is 2.57. The van der Waals surface area contributed by atoms with E-state index in [9.17, 15) is 9.59 Å². The van der Waals surface area contributed by atoms with Gasteiger partial charge in [0.25, 0.3) is 0 Å². The Kier molecular flexibility index (Phi) is 4.04. The number of amides is 1. The number of benzene rings is 1.